The van der Waals surface area contributed by atoms with E-state index in [4.69, 9.17) is 23.7 Å². The van der Waals surface area contributed by atoms with Gasteiger partial charge in [-0.15, -0.1) is 0 Å². The van der Waals surface area contributed by atoms with Crippen LogP contribution in [0.3, 0.4) is 0 Å². The molecule has 392 valence electrons. The van der Waals surface area contributed by atoms with E-state index < -0.39 is 53.4 Å². The molecular weight excluding hydrogens is 879 g/mol. The van der Waals surface area contributed by atoms with Gasteiger partial charge in [0.05, 0.1) is 43.0 Å². The summed E-state index contributed by atoms with van der Waals surface area (Å²) in [5, 5.41) is 22.0. The molecule has 0 aromatic heterocycles. The van der Waals surface area contributed by atoms with Gasteiger partial charge in [0.2, 0.25) is 5.78 Å². The van der Waals surface area contributed by atoms with E-state index in [0.29, 0.717) is 50.6 Å². The Bertz CT molecular complexity index is 1780. The summed E-state index contributed by atoms with van der Waals surface area (Å²) in [5.74, 6) is -2.12. The Labute approximate surface area is 415 Å². The number of aliphatic hydroxyl groups is 2. The molecule has 0 aromatic carbocycles. The van der Waals surface area contributed by atoms with Crippen LogP contribution < -0.4 is 0 Å². The van der Waals surface area contributed by atoms with Crippen LogP contribution in [0, 0.1) is 40.9 Å². The number of amides is 1. The predicted molar refractivity (Wildman–Crippen MR) is 269 cm³/mol. The first kappa shape index (κ1) is 60.0. The van der Waals surface area contributed by atoms with Gasteiger partial charge in [-0.1, -0.05) is 91.8 Å². The zero-order chi connectivity index (χ0) is 51.6. The van der Waals surface area contributed by atoms with Crippen LogP contribution in [0.2, 0.25) is 0 Å². The number of Topliss-reactive ketones (excluding diaryl/α,β-unsaturated/α-hetero) is 3. The molecule has 1 saturated carbocycles. The average molecular weight is 970 g/mol. The second kappa shape index (κ2) is 29.3. The van der Waals surface area contributed by atoms with Crippen molar-refractivity contribution in [2.75, 3.05) is 34.5 Å². The van der Waals surface area contributed by atoms with Crippen molar-refractivity contribution in [1.82, 2.24) is 4.90 Å². The lowest BCUT2D eigenvalue weighted by Crippen LogP contribution is -2.51. The molecule has 2 N–H and O–H groups in total. The van der Waals surface area contributed by atoms with Crippen molar-refractivity contribution in [2.45, 2.75) is 201 Å². The molecule has 0 radical (unpaired) electrons. The van der Waals surface area contributed by atoms with Crippen molar-refractivity contribution < 1.29 is 57.9 Å². The Kier molecular flexibility index (Phi) is 25.4. The second-order valence-electron chi connectivity index (χ2n) is 21.5. The van der Waals surface area contributed by atoms with E-state index in [1.54, 1.807) is 52.9 Å². The largest absolute Gasteiger partial charge is 0.462 e. The highest BCUT2D eigenvalue weighted by molar-refractivity contribution is 6.38. The number of likely N-dealkylation sites (tertiary alicyclic amines) is 1. The zero-order valence-electron chi connectivity index (χ0n) is 44.6. The molecule has 3 fully saturated rings. The Morgan fingerprint density at radius 3 is 2.26 bits per heavy atom. The fraction of sp³-hybridized carbons (Fsp3) is 0.768. The third kappa shape index (κ3) is 18.3. The molecule has 1 aliphatic carbocycles. The van der Waals surface area contributed by atoms with Gasteiger partial charge >= 0.3 is 5.97 Å². The summed E-state index contributed by atoms with van der Waals surface area (Å²) < 4.78 is 29.2. The van der Waals surface area contributed by atoms with Crippen LogP contribution in [0.5, 0.6) is 0 Å². The normalized spacial score (nSPS) is 26.8. The number of hydrogen-bond donors (Lipinski definition) is 2. The molecule has 69 heavy (non-hydrogen) atoms. The number of rotatable bonds is 28. The number of carbonyl (C=O) groups is 5. The summed E-state index contributed by atoms with van der Waals surface area (Å²) in [6.07, 6.45) is 16.5. The number of nitrogens with zero attached hydrogens (tertiary/aromatic N) is 1. The van der Waals surface area contributed by atoms with E-state index in [2.05, 4.69) is 6.92 Å². The SMILES string of the molecule is CCC(C)(C)C(=O)C(=O)N1CCCCC1COC(CC(=O)C(C)/C=C(\C)C(O)C(OC)C(=O)C(C)CC(C)/C=C/C=C/C=C(\C)C(CC1CCC(C)C(=O)O1)OC)C(C)CC1CCC(O)C(OC)C1. The number of allylic oxidation sites excluding steroid dienone is 6. The van der Waals surface area contributed by atoms with Gasteiger partial charge in [-0.25, -0.2) is 0 Å². The maximum Gasteiger partial charge on any atom is 0.308 e. The molecule has 0 spiro atoms. The summed E-state index contributed by atoms with van der Waals surface area (Å²) in [5.41, 5.74) is 0.722. The number of hydrogen-bond acceptors (Lipinski definition) is 12. The minimum Gasteiger partial charge on any atom is -0.462 e. The van der Waals surface area contributed by atoms with Crippen LogP contribution in [0.1, 0.15) is 153 Å². The van der Waals surface area contributed by atoms with E-state index in [-0.39, 0.29) is 78.6 Å². The molecule has 2 saturated heterocycles. The highest BCUT2D eigenvalue weighted by Crippen LogP contribution is 2.34. The molecule has 0 aromatic rings. The number of carbonyl (C=O) groups excluding carboxylic acids is 5. The molecular formula is C56H91NO12. The lowest BCUT2D eigenvalue weighted by molar-refractivity contribution is -0.161. The lowest BCUT2D eigenvalue weighted by atomic mass is 9.78. The molecule has 13 nitrogen and oxygen atoms in total. The third-order valence-corrected chi connectivity index (χ3v) is 15.4. The Morgan fingerprint density at radius 1 is 0.913 bits per heavy atom. The number of aliphatic hydroxyl groups excluding tert-OH is 2. The lowest BCUT2D eigenvalue weighted by Gasteiger charge is -2.38. The van der Waals surface area contributed by atoms with Crippen LogP contribution in [-0.2, 0) is 47.7 Å². The monoisotopic (exact) mass is 970 g/mol. The van der Waals surface area contributed by atoms with Gasteiger partial charge in [0, 0.05) is 58.0 Å². The fourth-order valence-electron chi connectivity index (χ4n) is 10.1. The molecule has 3 aliphatic rings. The Hall–Kier alpha value is -3.33. The van der Waals surface area contributed by atoms with E-state index in [9.17, 15) is 34.2 Å². The summed E-state index contributed by atoms with van der Waals surface area (Å²) >= 11 is 0. The van der Waals surface area contributed by atoms with Gasteiger partial charge in [0.1, 0.15) is 24.1 Å². The van der Waals surface area contributed by atoms with E-state index >= 15 is 0 Å². The highest BCUT2D eigenvalue weighted by atomic mass is 16.5. The molecule has 14 atom stereocenters. The molecule has 0 bridgehead atoms. The molecule has 14 unspecified atom stereocenters. The summed E-state index contributed by atoms with van der Waals surface area (Å²) in [7, 11) is 4.69. The zero-order valence-corrected chi connectivity index (χ0v) is 44.6. The first-order valence-electron chi connectivity index (χ1n) is 26.0. The maximum absolute atomic E-state index is 14.1. The summed E-state index contributed by atoms with van der Waals surface area (Å²) in [6, 6.07) is -0.286. The van der Waals surface area contributed by atoms with Crippen molar-refractivity contribution in [3.05, 3.63) is 47.6 Å². The van der Waals surface area contributed by atoms with Gasteiger partial charge in [-0.3, -0.25) is 24.0 Å². The average Bonchev–Trinajstić information content (AvgIpc) is 3.32. The molecule has 13 heteroatoms. The fourth-order valence-corrected chi connectivity index (χ4v) is 10.1. The summed E-state index contributed by atoms with van der Waals surface area (Å²) in [6.45, 7) is 19.5. The van der Waals surface area contributed by atoms with E-state index in [1.807, 2.05) is 65.0 Å². The van der Waals surface area contributed by atoms with Crippen molar-refractivity contribution in [3.8, 4) is 0 Å². The Morgan fingerprint density at radius 2 is 1.62 bits per heavy atom. The molecule has 2 heterocycles. The highest BCUT2D eigenvalue weighted by Gasteiger charge is 2.39. The van der Waals surface area contributed by atoms with Crippen molar-refractivity contribution in [2.24, 2.45) is 40.9 Å². The number of cyclic esters (lactones) is 1. The van der Waals surface area contributed by atoms with Gasteiger partial charge in [-0.05, 0) is 113 Å². The quantitative estimate of drug-likeness (QED) is 0.0330. The van der Waals surface area contributed by atoms with Gasteiger partial charge in [-0.2, -0.15) is 0 Å². The molecule has 3 rings (SSSR count). The Balaban J connectivity index is 1.65. The number of methoxy groups -OCH3 is 3. The van der Waals surface area contributed by atoms with Gasteiger partial charge in [0.25, 0.3) is 5.91 Å². The van der Waals surface area contributed by atoms with Crippen molar-refractivity contribution >= 4 is 29.2 Å². The van der Waals surface area contributed by atoms with Crippen LogP contribution in [-0.4, -0.2) is 128 Å². The van der Waals surface area contributed by atoms with E-state index in [1.165, 1.54) is 7.11 Å². The van der Waals surface area contributed by atoms with Crippen LogP contribution in [0.4, 0.5) is 0 Å². The first-order chi connectivity index (χ1) is 32.6. The minimum atomic E-state index is -1.26. The van der Waals surface area contributed by atoms with Crippen LogP contribution in [0.15, 0.2) is 47.6 Å². The number of piperidine rings is 1. The first-order valence-corrected chi connectivity index (χ1v) is 26.0. The smallest absolute Gasteiger partial charge is 0.308 e. The second-order valence-corrected chi connectivity index (χ2v) is 21.5. The van der Waals surface area contributed by atoms with Gasteiger partial charge in [0.15, 0.2) is 5.78 Å². The number of esters is 1. The minimum absolute atomic E-state index is 0.0476. The predicted octanol–water partition coefficient (Wildman–Crippen LogP) is 8.91. The number of ether oxygens (including phenoxy) is 5. The standard InChI is InChI=1S/C56H91NO12/c1-14-56(9,10)53(62)54(63)57-27-19-18-22-43(57)34-68-48(39(6)30-42-24-26-45(58)49(31-42)66-12)33-46(59)38(5)29-41(8)51(61)52(67-13)50(60)40(7)28-35(2)20-16-15-17-21-36(3)47(65-11)32-44-25-23-37(4)55(64)69-44/h15-17,20-21,29,35,37-40,42-45,47-49,51-52,58,61H,14,18-19,22-28,30-34H2,1-13H3/b17-15+,20-16+,36-21+,41-29+. The van der Waals surface area contributed by atoms with Gasteiger partial charge < -0.3 is 38.8 Å². The summed E-state index contributed by atoms with van der Waals surface area (Å²) in [4.78, 5) is 68.4. The van der Waals surface area contributed by atoms with Crippen LogP contribution >= 0.6 is 0 Å². The molecule has 1 amide bonds. The van der Waals surface area contributed by atoms with Crippen molar-refractivity contribution in [1.29, 1.82) is 0 Å². The molecule has 2 aliphatic heterocycles. The third-order valence-electron chi connectivity index (χ3n) is 15.4. The number of ketones is 3. The van der Waals surface area contributed by atoms with Crippen LogP contribution in [0.25, 0.3) is 0 Å². The topological polar surface area (TPSA) is 175 Å². The van der Waals surface area contributed by atoms with E-state index in [0.717, 1.165) is 44.1 Å². The maximum atomic E-state index is 14.1. The van der Waals surface area contributed by atoms with Crippen molar-refractivity contribution in [3.63, 3.8) is 0 Å².